The zero-order valence-electron chi connectivity index (χ0n) is 24.9. The Labute approximate surface area is 239 Å². The second kappa shape index (κ2) is 15.0. The second-order valence-electron chi connectivity index (χ2n) is 10.7. The molecule has 0 saturated heterocycles. The number of carbonyl (C=O) groups is 1. The topological polar surface area (TPSA) is 54.3 Å². The van der Waals surface area contributed by atoms with Gasteiger partial charge in [0.1, 0.15) is 6.29 Å². The van der Waals surface area contributed by atoms with E-state index in [1.54, 1.807) is 18.9 Å². The van der Waals surface area contributed by atoms with Gasteiger partial charge >= 0.3 is 0 Å². The lowest BCUT2D eigenvalue weighted by molar-refractivity contribution is -0.109. The Kier molecular flexibility index (Phi) is 12.4. The maximum Gasteiger partial charge on any atom is 0.163 e. The van der Waals surface area contributed by atoms with Crippen LogP contribution in [0.1, 0.15) is 78.4 Å². The fourth-order valence-corrected chi connectivity index (χ4v) is 4.51. The van der Waals surface area contributed by atoms with E-state index in [2.05, 4.69) is 58.2 Å². The molecular weight excluding hydrogens is 502 g/mol. The molecule has 0 bridgehead atoms. The number of aldehydes is 1. The summed E-state index contributed by atoms with van der Waals surface area (Å²) in [7, 11) is 1.71. The monoisotopic (exact) mass is 547 g/mol. The van der Waals surface area contributed by atoms with Crippen LogP contribution in [-0.2, 0) is 9.53 Å². The number of hydrogen-bond acceptors (Lipinski definition) is 5. The first kappa shape index (κ1) is 32.3. The van der Waals surface area contributed by atoms with Gasteiger partial charge in [-0.3, -0.25) is 0 Å². The fourth-order valence-electron chi connectivity index (χ4n) is 3.72. The lowest BCUT2D eigenvalue weighted by Crippen LogP contribution is -2.34. The molecule has 1 aliphatic rings. The predicted molar refractivity (Wildman–Crippen MR) is 172 cm³/mol. The molecule has 5 nitrogen and oxygen atoms in total. The quantitative estimate of drug-likeness (QED) is 0.0930. The van der Waals surface area contributed by atoms with E-state index in [4.69, 9.17) is 4.74 Å². The third-order valence-electron chi connectivity index (χ3n) is 6.16. The Morgan fingerprint density at radius 1 is 0.974 bits per heavy atom. The molecule has 3 aromatic carbocycles. The van der Waals surface area contributed by atoms with Crippen molar-refractivity contribution in [2.75, 3.05) is 17.9 Å². The minimum absolute atomic E-state index is 0.0417. The summed E-state index contributed by atoms with van der Waals surface area (Å²) in [6.45, 7) is 17.5. The number of hydrogen-bond donors (Lipinski definition) is 0. The highest BCUT2D eigenvalue weighted by molar-refractivity contribution is 8.01. The summed E-state index contributed by atoms with van der Waals surface area (Å²) >= 11 is 1.58. The SMILES string of the molecule is C=N/N=C(/c1ccccc1)N(CSC(C)(C)C=O)c1ccc(C2CC2)c2ccccc12.CC.COC(C)(C)C. The van der Waals surface area contributed by atoms with Gasteiger partial charge in [0, 0.05) is 24.8 Å². The third-order valence-corrected chi connectivity index (χ3v) is 7.39. The number of ether oxygens (including phenoxy) is 1. The van der Waals surface area contributed by atoms with Crippen molar-refractivity contribution in [3.63, 3.8) is 0 Å². The molecular formula is C33H45N3O2S. The average molecular weight is 548 g/mol. The summed E-state index contributed by atoms with van der Waals surface area (Å²) in [5.41, 5.74) is 3.47. The van der Waals surface area contributed by atoms with Gasteiger partial charge in [-0.2, -0.15) is 5.10 Å². The molecule has 6 heteroatoms. The summed E-state index contributed by atoms with van der Waals surface area (Å²) in [6, 6.07) is 23.0. The number of rotatable bonds is 8. The van der Waals surface area contributed by atoms with E-state index in [9.17, 15) is 4.79 Å². The average Bonchev–Trinajstić information content (AvgIpc) is 3.79. The highest BCUT2D eigenvalue weighted by Gasteiger charge is 2.28. The van der Waals surface area contributed by atoms with E-state index in [1.165, 1.54) is 29.2 Å². The summed E-state index contributed by atoms with van der Waals surface area (Å²) in [5, 5.41) is 10.8. The van der Waals surface area contributed by atoms with Crippen molar-refractivity contribution in [1.29, 1.82) is 0 Å². The Morgan fingerprint density at radius 2 is 1.54 bits per heavy atom. The van der Waals surface area contributed by atoms with E-state index >= 15 is 0 Å². The first-order valence-electron chi connectivity index (χ1n) is 13.6. The van der Waals surface area contributed by atoms with Gasteiger partial charge in [-0.05, 0) is 70.4 Å². The number of amidine groups is 1. The van der Waals surface area contributed by atoms with Gasteiger partial charge in [-0.15, -0.1) is 16.9 Å². The molecule has 210 valence electrons. The smallest absolute Gasteiger partial charge is 0.163 e. The Balaban J connectivity index is 0.000000590. The predicted octanol–water partition coefficient (Wildman–Crippen LogP) is 8.71. The molecule has 4 rings (SSSR count). The summed E-state index contributed by atoms with van der Waals surface area (Å²) in [6.07, 6.45) is 3.51. The van der Waals surface area contributed by atoms with Crippen LogP contribution in [-0.4, -0.2) is 42.2 Å². The highest BCUT2D eigenvalue weighted by atomic mass is 32.2. The van der Waals surface area contributed by atoms with Crippen molar-refractivity contribution in [3.8, 4) is 0 Å². The first-order valence-corrected chi connectivity index (χ1v) is 14.6. The minimum Gasteiger partial charge on any atom is -0.379 e. The molecule has 3 aromatic rings. The number of thioether (sulfide) groups is 1. The second-order valence-corrected chi connectivity index (χ2v) is 12.3. The lowest BCUT2D eigenvalue weighted by Gasteiger charge is -2.30. The van der Waals surface area contributed by atoms with E-state index in [0.29, 0.717) is 17.6 Å². The van der Waals surface area contributed by atoms with Crippen molar-refractivity contribution >= 4 is 47.1 Å². The third kappa shape index (κ3) is 9.63. The molecule has 0 heterocycles. The number of methoxy groups -OCH3 is 1. The lowest BCUT2D eigenvalue weighted by atomic mass is 9.99. The van der Waals surface area contributed by atoms with Gasteiger partial charge in [-0.25, -0.2) is 0 Å². The summed E-state index contributed by atoms with van der Waals surface area (Å²) < 4.78 is 4.43. The maximum absolute atomic E-state index is 11.6. The van der Waals surface area contributed by atoms with E-state index in [1.807, 2.05) is 78.8 Å². The molecule has 0 aromatic heterocycles. The van der Waals surface area contributed by atoms with Gasteiger partial charge in [-0.1, -0.05) is 74.5 Å². The Morgan fingerprint density at radius 3 is 2.05 bits per heavy atom. The molecule has 0 unspecified atom stereocenters. The molecule has 1 saturated carbocycles. The van der Waals surface area contributed by atoms with Crippen molar-refractivity contribution in [2.45, 2.75) is 77.6 Å². The van der Waals surface area contributed by atoms with Crippen LogP contribution < -0.4 is 4.90 Å². The van der Waals surface area contributed by atoms with Crippen LogP contribution in [0.4, 0.5) is 5.69 Å². The van der Waals surface area contributed by atoms with Crippen molar-refractivity contribution in [1.82, 2.24) is 0 Å². The molecule has 1 fully saturated rings. The van der Waals surface area contributed by atoms with E-state index in [0.717, 1.165) is 17.5 Å². The maximum atomic E-state index is 11.6. The molecule has 0 spiro atoms. The normalized spacial score (nSPS) is 13.5. The van der Waals surface area contributed by atoms with E-state index < -0.39 is 4.75 Å². The summed E-state index contributed by atoms with van der Waals surface area (Å²) in [5.74, 6) is 1.93. The molecule has 0 atom stereocenters. The van der Waals surface area contributed by atoms with Crippen molar-refractivity contribution in [3.05, 3.63) is 77.9 Å². The largest absolute Gasteiger partial charge is 0.379 e. The number of anilines is 1. The van der Waals surface area contributed by atoms with Gasteiger partial charge in [0.25, 0.3) is 0 Å². The van der Waals surface area contributed by atoms with E-state index in [-0.39, 0.29) is 5.60 Å². The van der Waals surface area contributed by atoms with Crippen molar-refractivity contribution in [2.24, 2.45) is 10.2 Å². The number of carbonyl (C=O) groups excluding carboxylic acids is 1. The highest BCUT2D eigenvalue weighted by Crippen LogP contribution is 2.45. The molecule has 0 aliphatic heterocycles. The van der Waals surface area contributed by atoms with Crippen LogP contribution in [0.25, 0.3) is 10.8 Å². The van der Waals surface area contributed by atoms with Crippen LogP contribution in [0.3, 0.4) is 0 Å². The van der Waals surface area contributed by atoms with Gasteiger partial charge in [0.2, 0.25) is 0 Å². The zero-order valence-corrected chi connectivity index (χ0v) is 25.7. The van der Waals surface area contributed by atoms with Gasteiger partial charge in [0.05, 0.1) is 21.9 Å². The number of benzene rings is 3. The Hall–Kier alpha value is -2.96. The van der Waals surface area contributed by atoms with Crippen LogP contribution in [0.5, 0.6) is 0 Å². The molecule has 0 amide bonds. The standard InChI is InChI=1S/C26H27N3OS.C5H12O.C2H6/c1-26(2,17-30)31-18-29(25(28-27-3)20-9-5-4-6-10-20)24-16-15-21(19-13-14-19)22-11-7-8-12-23(22)24;1-5(2,3)6-4;1-2/h4-12,15-17,19H,3,13-14,18H2,1-2H3;1-4H3;1-2H3/b28-25-;;. The number of fused-ring (bicyclic) bond motifs is 1. The van der Waals surface area contributed by atoms with Crippen molar-refractivity contribution < 1.29 is 9.53 Å². The Bertz CT molecular complexity index is 1230. The van der Waals surface area contributed by atoms with Crippen LogP contribution in [0.15, 0.2) is 76.9 Å². The van der Waals surface area contributed by atoms with Crippen LogP contribution in [0, 0.1) is 0 Å². The molecule has 1 aliphatic carbocycles. The summed E-state index contributed by atoms with van der Waals surface area (Å²) in [4.78, 5) is 13.7. The minimum atomic E-state index is -0.509. The first-order chi connectivity index (χ1) is 18.6. The van der Waals surface area contributed by atoms with Gasteiger partial charge in [0.15, 0.2) is 5.84 Å². The van der Waals surface area contributed by atoms with Crippen LogP contribution in [0.2, 0.25) is 0 Å². The molecule has 39 heavy (non-hydrogen) atoms. The zero-order chi connectivity index (χ0) is 29.1. The van der Waals surface area contributed by atoms with Gasteiger partial charge < -0.3 is 14.4 Å². The molecule has 0 N–H and O–H groups in total. The molecule has 0 radical (unpaired) electrons. The fraction of sp³-hybridized carbons (Fsp3) is 0.424. The van der Waals surface area contributed by atoms with Crippen LogP contribution >= 0.6 is 11.8 Å². The number of nitrogens with zero attached hydrogens (tertiary/aromatic N) is 3.